The van der Waals surface area contributed by atoms with E-state index < -0.39 is 0 Å². The van der Waals surface area contributed by atoms with E-state index in [9.17, 15) is 0 Å². The third-order valence-electron chi connectivity index (χ3n) is 4.67. The molecule has 1 atom stereocenters. The third kappa shape index (κ3) is 3.37. The Kier molecular flexibility index (Phi) is 4.64. The van der Waals surface area contributed by atoms with Gasteiger partial charge in [0.15, 0.2) is 6.23 Å². The second kappa shape index (κ2) is 7.06. The molecule has 1 saturated heterocycles. The van der Waals surface area contributed by atoms with Crippen molar-refractivity contribution < 1.29 is 4.74 Å². The van der Waals surface area contributed by atoms with Crippen molar-refractivity contribution in [1.29, 1.82) is 0 Å². The molecule has 0 N–H and O–H groups in total. The van der Waals surface area contributed by atoms with Gasteiger partial charge in [0.05, 0.1) is 6.61 Å². The van der Waals surface area contributed by atoms with Crippen molar-refractivity contribution >= 4 is 21.6 Å². The number of rotatable bonds is 4. The minimum atomic E-state index is -0.0270. The van der Waals surface area contributed by atoms with Crippen LogP contribution in [0.4, 0.5) is 5.69 Å². The van der Waals surface area contributed by atoms with Gasteiger partial charge >= 0.3 is 0 Å². The lowest BCUT2D eigenvalue weighted by atomic mass is 10.1. The fraction of sp³-hybridized carbons (Fsp3) is 0.238. The first-order valence-corrected chi connectivity index (χ1v) is 9.45. The zero-order valence-electron chi connectivity index (χ0n) is 14.2. The van der Waals surface area contributed by atoms with Crippen LogP contribution >= 0.6 is 15.9 Å². The molecule has 3 nitrogen and oxygen atoms in total. The van der Waals surface area contributed by atoms with Gasteiger partial charge in [-0.05, 0) is 48.4 Å². The Labute approximate surface area is 157 Å². The molecule has 0 unspecified atom stereocenters. The number of halogens is 1. The van der Waals surface area contributed by atoms with Gasteiger partial charge in [-0.25, -0.2) is 0 Å². The second-order valence-electron chi connectivity index (χ2n) is 6.27. The van der Waals surface area contributed by atoms with E-state index in [-0.39, 0.29) is 6.23 Å². The van der Waals surface area contributed by atoms with Crippen LogP contribution < -0.4 is 4.90 Å². The molecule has 0 spiro atoms. The fourth-order valence-corrected chi connectivity index (χ4v) is 3.68. The van der Waals surface area contributed by atoms with Crippen LogP contribution in [0, 0.1) is 0 Å². The van der Waals surface area contributed by atoms with E-state index in [1.807, 2.05) is 12.1 Å². The van der Waals surface area contributed by atoms with Gasteiger partial charge in [-0.15, -0.1) is 0 Å². The molecule has 0 amide bonds. The molecule has 1 aliphatic rings. The first kappa shape index (κ1) is 16.4. The number of hydrogen-bond acceptors (Lipinski definition) is 2. The van der Waals surface area contributed by atoms with Crippen molar-refractivity contribution in [3.05, 3.63) is 82.6 Å². The standard InChI is InChI=1S/C21H21BrN2O/c1-2-16-6-8-19(9-7-16)24-12-13-25-21(24)17-10-11-23(15-17)20-5-3-4-18(22)14-20/h3-11,14-15,21H,2,12-13H2,1H3/t21-/m1/s1. The SMILES string of the molecule is CCc1ccc(N2CCO[C@@H]2c2ccn(-c3cccc(Br)c3)c2)cc1. The molecule has 0 aliphatic carbocycles. The maximum absolute atomic E-state index is 6.04. The number of hydrogen-bond donors (Lipinski definition) is 0. The van der Waals surface area contributed by atoms with E-state index in [0.717, 1.165) is 29.7 Å². The van der Waals surface area contributed by atoms with Crippen LogP contribution in [-0.2, 0) is 11.2 Å². The van der Waals surface area contributed by atoms with Crippen molar-refractivity contribution in [2.24, 2.45) is 0 Å². The molecule has 2 aromatic carbocycles. The number of benzene rings is 2. The summed E-state index contributed by atoms with van der Waals surface area (Å²) in [5, 5.41) is 0. The monoisotopic (exact) mass is 396 g/mol. The van der Waals surface area contributed by atoms with Gasteiger partial charge in [0, 0.05) is 40.3 Å². The van der Waals surface area contributed by atoms with Crippen molar-refractivity contribution in [2.75, 3.05) is 18.1 Å². The average molecular weight is 397 g/mol. The van der Waals surface area contributed by atoms with Crippen LogP contribution in [0.5, 0.6) is 0 Å². The smallest absolute Gasteiger partial charge is 0.158 e. The Morgan fingerprint density at radius 1 is 1.08 bits per heavy atom. The summed E-state index contributed by atoms with van der Waals surface area (Å²) in [5.74, 6) is 0. The minimum Gasteiger partial charge on any atom is -0.352 e. The van der Waals surface area contributed by atoms with Crippen LogP contribution in [0.3, 0.4) is 0 Å². The van der Waals surface area contributed by atoms with Crippen LogP contribution in [-0.4, -0.2) is 17.7 Å². The molecule has 1 fully saturated rings. The number of ether oxygens (including phenoxy) is 1. The predicted octanol–water partition coefficient (Wildman–Crippen LogP) is 5.34. The summed E-state index contributed by atoms with van der Waals surface area (Å²) >= 11 is 3.54. The normalized spacial score (nSPS) is 17.2. The highest BCUT2D eigenvalue weighted by Gasteiger charge is 2.27. The maximum Gasteiger partial charge on any atom is 0.158 e. The van der Waals surface area contributed by atoms with Gasteiger partial charge in [-0.2, -0.15) is 0 Å². The molecular formula is C21H21BrN2O. The molecule has 4 heteroatoms. The lowest BCUT2D eigenvalue weighted by Gasteiger charge is -2.24. The van der Waals surface area contributed by atoms with E-state index in [2.05, 4.69) is 87.2 Å². The molecule has 25 heavy (non-hydrogen) atoms. The molecule has 3 aromatic rings. The van der Waals surface area contributed by atoms with Crippen LogP contribution in [0.2, 0.25) is 0 Å². The predicted molar refractivity (Wildman–Crippen MR) is 105 cm³/mol. The van der Waals surface area contributed by atoms with Crippen molar-refractivity contribution in [3.63, 3.8) is 0 Å². The molecule has 128 valence electrons. The molecule has 0 radical (unpaired) electrons. The molecule has 4 rings (SSSR count). The number of aromatic nitrogens is 1. The Balaban J connectivity index is 1.60. The Hall–Kier alpha value is -2.04. The minimum absolute atomic E-state index is 0.0270. The largest absolute Gasteiger partial charge is 0.352 e. The van der Waals surface area contributed by atoms with Crippen LogP contribution in [0.1, 0.15) is 24.3 Å². The van der Waals surface area contributed by atoms with Gasteiger partial charge in [0.1, 0.15) is 0 Å². The van der Waals surface area contributed by atoms with Gasteiger partial charge in [0.25, 0.3) is 0 Å². The summed E-state index contributed by atoms with van der Waals surface area (Å²) in [6, 6.07) is 19.3. The third-order valence-corrected chi connectivity index (χ3v) is 5.17. The topological polar surface area (TPSA) is 17.4 Å². The number of aryl methyl sites for hydroxylation is 1. The van der Waals surface area contributed by atoms with Crippen molar-refractivity contribution in [1.82, 2.24) is 4.57 Å². The van der Waals surface area contributed by atoms with Crippen LogP contribution in [0.25, 0.3) is 5.69 Å². The lowest BCUT2D eigenvalue weighted by molar-refractivity contribution is 0.114. The molecule has 2 heterocycles. The number of anilines is 1. The zero-order valence-corrected chi connectivity index (χ0v) is 15.8. The van der Waals surface area contributed by atoms with Crippen LogP contribution in [0.15, 0.2) is 71.5 Å². The van der Waals surface area contributed by atoms with Gasteiger partial charge in [-0.1, -0.05) is 41.1 Å². The number of nitrogens with zero attached hydrogens (tertiary/aromatic N) is 2. The Bertz CT molecular complexity index is 856. The Morgan fingerprint density at radius 3 is 2.68 bits per heavy atom. The summed E-state index contributed by atoms with van der Waals surface area (Å²) in [5.41, 5.74) is 4.89. The maximum atomic E-state index is 6.04. The summed E-state index contributed by atoms with van der Waals surface area (Å²) in [6.45, 7) is 3.85. The van der Waals surface area contributed by atoms with Gasteiger partial charge in [-0.3, -0.25) is 0 Å². The van der Waals surface area contributed by atoms with Crippen molar-refractivity contribution in [3.8, 4) is 5.69 Å². The van der Waals surface area contributed by atoms with Crippen molar-refractivity contribution in [2.45, 2.75) is 19.6 Å². The van der Waals surface area contributed by atoms with E-state index >= 15 is 0 Å². The van der Waals surface area contributed by atoms with E-state index in [4.69, 9.17) is 4.74 Å². The first-order chi connectivity index (χ1) is 12.2. The summed E-state index contributed by atoms with van der Waals surface area (Å²) < 4.78 is 9.26. The first-order valence-electron chi connectivity index (χ1n) is 8.65. The zero-order chi connectivity index (χ0) is 17.2. The summed E-state index contributed by atoms with van der Waals surface area (Å²) in [7, 11) is 0. The highest BCUT2D eigenvalue weighted by Crippen LogP contribution is 2.33. The highest BCUT2D eigenvalue weighted by atomic mass is 79.9. The Morgan fingerprint density at radius 2 is 1.92 bits per heavy atom. The molecule has 0 bridgehead atoms. The molecular weight excluding hydrogens is 376 g/mol. The van der Waals surface area contributed by atoms with Gasteiger partial charge < -0.3 is 14.2 Å². The van der Waals surface area contributed by atoms with Gasteiger partial charge in [0.2, 0.25) is 0 Å². The molecule has 1 aliphatic heterocycles. The highest BCUT2D eigenvalue weighted by molar-refractivity contribution is 9.10. The fourth-order valence-electron chi connectivity index (χ4n) is 3.29. The summed E-state index contributed by atoms with van der Waals surface area (Å²) in [6.07, 6.45) is 5.29. The lowest BCUT2D eigenvalue weighted by Crippen LogP contribution is -2.22. The van der Waals surface area contributed by atoms with E-state index in [1.54, 1.807) is 0 Å². The quantitative estimate of drug-likeness (QED) is 0.592. The van der Waals surface area contributed by atoms with E-state index in [0.29, 0.717) is 0 Å². The second-order valence-corrected chi connectivity index (χ2v) is 7.18. The van der Waals surface area contributed by atoms with E-state index in [1.165, 1.54) is 16.8 Å². The summed E-state index contributed by atoms with van der Waals surface area (Å²) in [4.78, 5) is 2.33. The molecule has 0 saturated carbocycles. The average Bonchev–Trinajstić information content (AvgIpc) is 3.31. The molecule has 1 aromatic heterocycles.